The van der Waals surface area contributed by atoms with Gasteiger partial charge in [-0.3, -0.25) is 0 Å². The van der Waals surface area contributed by atoms with Crippen LogP contribution in [0.5, 0.6) is 0 Å². The SMILES string of the molecule is C[Si]1(C)C2=C1C1C(=C2)SC(c2ccccc2)=C1C1=CC=CC1. The van der Waals surface area contributed by atoms with Gasteiger partial charge in [0.25, 0.3) is 0 Å². The van der Waals surface area contributed by atoms with E-state index in [1.165, 1.54) is 16.0 Å². The van der Waals surface area contributed by atoms with E-state index in [4.69, 9.17) is 0 Å². The molecule has 0 fully saturated rings. The molecule has 2 aliphatic heterocycles. The highest BCUT2D eigenvalue weighted by atomic mass is 32.2. The quantitative estimate of drug-likeness (QED) is 0.636. The third-order valence-electron chi connectivity index (χ3n) is 5.34. The molecule has 108 valence electrons. The lowest BCUT2D eigenvalue weighted by Gasteiger charge is -2.19. The maximum atomic E-state index is 2.52. The summed E-state index contributed by atoms with van der Waals surface area (Å²) in [6.07, 6.45) is 10.5. The highest BCUT2D eigenvalue weighted by Crippen LogP contribution is 2.66. The van der Waals surface area contributed by atoms with Gasteiger partial charge in [0, 0.05) is 15.7 Å². The van der Waals surface area contributed by atoms with E-state index in [2.05, 4.69) is 67.7 Å². The van der Waals surface area contributed by atoms with E-state index in [0.717, 1.165) is 6.42 Å². The Labute approximate surface area is 137 Å². The zero-order valence-electron chi connectivity index (χ0n) is 12.9. The molecule has 1 atom stereocenters. The number of benzene rings is 1. The topological polar surface area (TPSA) is 0 Å². The van der Waals surface area contributed by atoms with Crippen molar-refractivity contribution >= 4 is 24.7 Å². The second-order valence-corrected chi connectivity index (χ2v) is 12.4. The largest absolute Gasteiger partial charge is 0.108 e. The van der Waals surface area contributed by atoms with Crippen LogP contribution in [0.1, 0.15) is 12.0 Å². The molecule has 0 aromatic heterocycles. The predicted molar refractivity (Wildman–Crippen MR) is 98.9 cm³/mol. The summed E-state index contributed by atoms with van der Waals surface area (Å²) in [5.41, 5.74) is 4.52. The zero-order chi connectivity index (χ0) is 14.9. The van der Waals surface area contributed by atoms with Crippen molar-refractivity contribution in [2.45, 2.75) is 19.5 Å². The lowest BCUT2D eigenvalue weighted by Crippen LogP contribution is -2.18. The minimum absolute atomic E-state index is 0.600. The van der Waals surface area contributed by atoms with Gasteiger partial charge in [0.1, 0.15) is 8.07 Å². The maximum Gasteiger partial charge on any atom is 0.108 e. The molecule has 2 aliphatic carbocycles. The molecule has 0 amide bonds. The van der Waals surface area contributed by atoms with E-state index < -0.39 is 8.07 Å². The molecule has 4 aliphatic rings. The maximum absolute atomic E-state index is 2.52. The summed E-state index contributed by atoms with van der Waals surface area (Å²) < 4.78 is 0. The summed E-state index contributed by atoms with van der Waals surface area (Å²) in [6, 6.07) is 10.9. The predicted octanol–water partition coefficient (Wildman–Crippen LogP) is 5.64. The molecule has 2 heterocycles. The van der Waals surface area contributed by atoms with Gasteiger partial charge in [-0.15, -0.1) is 0 Å². The Morgan fingerprint density at radius 3 is 2.68 bits per heavy atom. The molecule has 0 saturated heterocycles. The minimum atomic E-state index is -1.15. The highest BCUT2D eigenvalue weighted by Gasteiger charge is 2.57. The van der Waals surface area contributed by atoms with Crippen LogP contribution in [0.2, 0.25) is 13.1 Å². The molecule has 0 bridgehead atoms. The minimum Gasteiger partial charge on any atom is -0.0926 e. The van der Waals surface area contributed by atoms with E-state index in [1.54, 1.807) is 15.7 Å². The smallest absolute Gasteiger partial charge is 0.0926 e. The molecule has 0 N–H and O–H groups in total. The first-order valence-corrected chi connectivity index (χ1v) is 11.8. The third-order valence-corrected chi connectivity index (χ3v) is 10.0. The number of hydrogen-bond acceptors (Lipinski definition) is 1. The fourth-order valence-corrected chi connectivity index (χ4v) is 9.28. The van der Waals surface area contributed by atoms with Crippen molar-refractivity contribution < 1.29 is 0 Å². The molecule has 0 radical (unpaired) electrons. The number of thioether (sulfide) groups is 1. The molecule has 22 heavy (non-hydrogen) atoms. The Bertz CT molecular complexity index is 847. The summed E-state index contributed by atoms with van der Waals surface area (Å²) in [4.78, 5) is 3.08. The van der Waals surface area contributed by atoms with Crippen LogP contribution >= 0.6 is 11.8 Å². The van der Waals surface area contributed by atoms with Gasteiger partial charge in [0.15, 0.2) is 0 Å². The molecule has 0 saturated carbocycles. The van der Waals surface area contributed by atoms with Crippen LogP contribution in [0.25, 0.3) is 4.91 Å². The van der Waals surface area contributed by atoms with Crippen molar-refractivity contribution in [3.63, 3.8) is 0 Å². The lowest BCUT2D eigenvalue weighted by atomic mass is 9.90. The van der Waals surface area contributed by atoms with Crippen LogP contribution in [-0.2, 0) is 0 Å². The Balaban J connectivity index is 1.68. The molecule has 1 unspecified atom stereocenters. The van der Waals surface area contributed by atoms with Crippen molar-refractivity contribution in [2.24, 2.45) is 5.92 Å². The normalized spacial score (nSPS) is 27.1. The summed E-state index contributed by atoms with van der Waals surface area (Å²) >= 11 is 2.02. The standard InChI is InChI=1S/C20H18SSi/c1-22(2)16-12-15-18(20(16)22)17(13-8-6-7-9-13)19(21-15)14-10-4-3-5-11-14/h3-8,10-12,18H,9H2,1-2H3. The molecular formula is C20H18SSi. The van der Waals surface area contributed by atoms with E-state index in [1.807, 2.05) is 17.0 Å². The van der Waals surface area contributed by atoms with Crippen LogP contribution in [0.4, 0.5) is 0 Å². The van der Waals surface area contributed by atoms with Crippen LogP contribution in [0, 0.1) is 5.92 Å². The Kier molecular flexibility index (Phi) is 2.52. The molecule has 1 aromatic carbocycles. The van der Waals surface area contributed by atoms with E-state index in [0.29, 0.717) is 5.92 Å². The molecule has 0 spiro atoms. The van der Waals surface area contributed by atoms with Gasteiger partial charge < -0.3 is 0 Å². The number of allylic oxidation sites excluding steroid dienone is 9. The molecule has 1 aromatic rings. The summed E-state index contributed by atoms with van der Waals surface area (Å²) in [5.74, 6) is 0.600. The molecule has 2 heteroatoms. The lowest BCUT2D eigenvalue weighted by molar-refractivity contribution is 0.964. The van der Waals surface area contributed by atoms with Crippen LogP contribution in [0.15, 0.2) is 81.1 Å². The van der Waals surface area contributed by atoms with Crippen LogP contribution < -0.4 is 0 Å². The van der Waals surface area contributed by atoms with E-state index in [-0.39, 0.29) is 0 Å². The summed E-state index contributed by atoms with van der Waals surface area (Å²) in [6.45, 7) is 5.02. The third kappa shape index (κ3) is 1.60. The highest BCUT2D eigenvalue weighted by molar-refractivity contribution is 8.12. The fraction of sp³-hybridized carbons (Fsp3) is 0.200. The van der Waals surface area contributed by atoms with E-state index in [9.17, 15) is 0 Å². The Hall–Kier alpha value is -1.51. The number of fused-ring (bicyclic) bond motifs is 2. The first-order chi connectivity index (χ1) is 10.7. The van der Waals surface area contributed by atoms with Gasteiger partial charge in [-0.05, 0) is 23.1 Å². The summed E-state index contributed by atoms with van der Waals surface area (Å²) in [5, 5.41) is 3.54. The first kappa shape index (κ1) is 13.0. The Morgan fingerprint density at radius 2 is 1.95 bits per heavy atom. The van der Waals surface area contributed by atoms with Crippen LogP contribution in [-0.4, -0.2) is 8.07 Å². The molecular weight excluding hydrogens is 300 g/mol. The number of rotatable bonds is 2. The number of hydrogen-bond donors (Lipinski definition) is 0. The second-order valence-electron chi connectivity index (χ2n) is 6.97. The second kappa shape index (κ2) is 4.27. The van der Waals surface area contributed by atoms with E-state index >= 15 is 0 Å². The van der Waals surface area contributed by atoms with Crippen molar-refractivity contribution in [3.05, 3.63) is 86.6 Å². The first-order valence-electron chi connectivity index (χ1n) is 7.98. The van der Waals surface area contributed by atoms with Gasteiger partial charge in [-0.1, -0.05) is 89.9 Å². The Morgan fingerprint density at radius 1 is 1.14 bits per heavy atom. The van der Waals surface area contributed by atoms with Crippen molar-refractivity contribution in [1.29, 1.82) is 0 Å². The van der Waals surface area contributed by atoms with Gasteiger partial charge in [-0.2, -0.15) is 0 Å². The molecule has 0 nitrogen and oxygen atoms in total. The van der Waals surface area contributed by atoms with Gasteiger partial charge in [0.2, 0.25) is 0 Å². The van der Waals surface area contributed by atoms with Gasteiger partial charge in [0.05, 0.1) is 0 Å². The van der Waals surface area contributed by atoms with Crippen LogP contribution in [0.3, 0.4) is 0 Å². The molecule has 5 rings (SSSR count). The van der Waals surface area contributed by atoms with Crippen molar-refractivity contribution in [3.8, 4) is 0 Å². The summed E-state index contributed by atoms with van der Waals surface area (Å²) in [7, 11) is -1.15. The average Bonchev–Trinajstić information content (AvgIpc) is 3.04. The van der Waals surface area contributed by atoms with Gasteiger partial charge in [-0.25, -0.2) is 0 Å². The zero-order valence-corrected chi connectivity index (χ0v) is 14.7. The van der Waals surface area contributed by atoms with Crippen molar-refractivity contribution in [1.82, 2.24) is 0 Å². The van der Waals surface area contributed by atoms with Gasteiger partial charge >= 0.3 is 0 Å². The fourth-order valence-electron chi connectivity index (χ4n) is 4.13. The van der Waals surface area contributed by atoms with Crippen molar-refractivity contribution in [2.75, 3.05) is 0 Å². The average molecular weight is 319 g/mol. The monoisotopic (exact) mass is 318 g/mol.